The van der Waals surface area contributed by atoms with E-state index in [-0.39, 0.29) is 30.4 Å². The first-order chi connectivity index (χ1) is 16.9. The molecule has 1 aliphatic heterocycles. The lowest BCUT2D eigenvalue weighted by molar-refractivity contribution is -0.119. The van der Waals surface area contributed by atoms with Gasteiger partial charge in [0.25, 0.3) is 5.91 Å². The highest BCUT2D eigenvalue weighted by molar-refractivity contribution is 6.03. The number of ether oxygens (including phenoxy) is 1. The molecule has 2 aromatic carbocycles. The number of hydrogen-bond acceptors (Lipinski definition) is 5. The van der Waals surface area contributed by atoms with E-state index in [0.29, 0.717) is 11.4 Å². The summed E-state index contributed by atoms with van der Waals surface area (Å²) in [6, 6.07) is 11.6. The molecule has 35 heavy (non-hydrogen) atoms. The first-order valence-corrected chi connectivity index (χ1v) is 10.8. The number of fused-ring (bicyclic) bond motifs is 1. The van der Waals surface area contributed by atoms with Crippen molar-refractivity contribution in [2.24, 2.45) is 0 Å². The number of H-pyrrole nitrogens is 1. The molecule has 1 unspecified atom stereocenters. The van der Waals surface area contributed by atoms with Gasteiger partial charge in [-0.2, -0.15) is 0 Å². The molecule has 1 atom stereocenters. The topological polar surface area (TPSA) is 121 Å². The van der Waals surface area contributed by atoms with E-state index in [9.17, 15) is 18.8 Å². The molecule has 0 saturated carbocycles. The molecule has 0 aliphatic carbocycles. The molecule has 1 saturated heterocycles. The Kier molecular flexibility index (Phi) is 5.65. The van der Waals surface area contributed by atoms with Crippen LogP contribution in [0, 0.1) is 5.82 Å². The minimum Gasteiger partial charge on any atom is -0.442 e. The molecule has 178 valence electrons. The second kappa shape index (κ2) is 8.93. The zero-order valence-electron chi connectivity index (χ0n) is 18.6. The molecule has 3 N–H and O–H groups in total. The van der Waals surface area contributed by atoms with E-state index in [4.69, 9.17) is 4.74 Å². The quantitative estimate of drug-likeness (QED) is 0.395. The van der Waals surface area contributed by atoms with Gasteiger partial charge in [-0.25, -0.2) is 14.2 Å². The minimum atomic E-state index is -0.619. The van der Waals surface area contributed by atoms with Crippen LogP contribution in [0.2, 0.25) is 0 Å². The number of aromatic amines is 1. The van der Waals surface area contributed by atoms with Crippen molar-refractivity contribution >= 4 is 40.2 Å². The van der Waals surface area contributed by atoms with Crippen LogP contribution in [0.15, 0.2) is 61.2 Å². The van der Waals surface area contributed by atoms with Gasteiger partial charge < -0.3 is 24.9 Å². The summed E-state index contributed by atoms with van der Waals surface area (Å²) in [5.74, 6) is -1.27. The highest BCUT2D eigenvalue weighted by Gasteiger charge is 2.32. The van der Waals surface area contributed by atoms with Crippen molar-refractivity contribution in [1.29, 1.82) is 0 Å². The minimum absolute atomic E-state index is 0.117. The summed E-state index contributed by atoms with van der Waals surface area (Å²) in [6.07, 6.45) is 3.44. The van der Waals surface area contributed by atoms with Crippen LogP contribution >= 0.6 is 0 Å². The molecule has 3 heterocycles. The predicted octanol–water partition coefficient (Wildman–Crippen LogP) is 3.21. The molecular weight excluding hydrogens is 455 g/mol. The normalized spacial score (nSPS) is 15.3. The number of carbonyl (C=O) groups excluding carboxylic acids is 3. The maximum absolute atomic E-state index is 15.0. The third kappa shape index (κ3) is 4.56. The lowest BCUT2D eigenvalue weighted by atomic mass is 10.2. The van der Waals surface area contributed by atoms with E-state index in [1.165, 1.54) is 41.0 Å². The number of hydrogen-bond donors (Lipinski definition) is 3. The number of nitrogens with one attached hydrogen (secondary N) is 3. The van der Waals surface area contributed by atoms with Gasteiger partial charge in [0.1, 0.15) is 23.9 Å². The van der Waals surface area contributed by atoms with Crippen molar-refractivity contribution in [1.82, 2.24) is 19.9 Å². The predicted molar refractivity (Wildman–Crippen MR) is 126 cm³/mol. The maximum atomic E-state index is 15.0. The van der Waals surface area contributed by atoms with Gasteiger partial charge in [-0.3, -0.25) is 14.5 Å². The number of cyclic esters (lactones) is 1. The Balaban J connectivity index is 1.28. The largest absolute Gasteiger partial charge is 0.442 e. The van der Waals surface area contributed by atoms with E-state index in [1.807, 2.05) is 24.4 Å². The average Bonchev–Trinajstić information content (AvgIpc) is 3.57. The number of rotatable bonds is 6. The van der Waals surface area contributed by atoms with Gasteiger partial charge in [0.2, 0.25) is 5.91 Å². The highest BCUT2D eigenvalue weighted by Crippen LogP contribution is 2.26. The fourth-order valence-corrected chi connectivity index (χ4v) is 3.87. The zero-order chi connectivity index (χ0) is 24.5. The molecule has 0 spiro atoms. The number of carbonyl (C=O) groups is 3. The third-order valence-corrected chi connectivity index (χ3v) is 5.60. The lowest BCUT2D eigenvalue weighted by Gasteiger charge is -2.14. The Morgan fingerprint density at radius 2 is 2.09 bits per heavy atom. The summed E-state index contributed by atoms with van der Waals surface area (Å²) in [6.45, 7) is 1.73. The van der Waals surface area contributed by atoms with Gasteiger partial charge in [0.15, 0.2) is 0 Å². The molecule has 3 amide bonds. The summed E-state index contributed by atoms with van der Waals surface area (Å²) in [5.41, 5.74) is 2.17. The summed E-state index contributed by atoms with van der Waals surface area (Å²) >= 11 is 0. The Labute approximate surface area is 198 Å². The summed E-state index contributed by atoms with van der Waals surface area (Å²) < 4.78 is 21.6. The number of halogens is 1. The van der Waals surface area contributed by atoms with Gasteiger partial charge in [-0.15, -0.1) is 0 Å². The first kappa shape index (κ1) is 22.1. The van der Waals surface area contributed by atoms with Crippen molar-refractivity contribution in [3.8, 4) is 5.69 Å². The van der Waals surface area contributed by atoms with Crippen LogP contribution in [0.4, 0.5) is 20.6 Å². The second-order valence-electron chi connectivity index (χ2n) is 8.09. The van der Waals surface area contributed by atoms with E-state index in [2.05, 4.69) is 20.6 Å². The van der Waals surface area contributed by atoms with Crippen LogP contribution in [0.25, 0.3) is 16.6 Å². The SMILES string of the molecule is CC(=O)NCC1CN(c2ccc(-n3cnc(C(=O)Nc4ccc5[nH]ccc5c4)c3)c(F)c2)C(=O)O1. The maximum Gasteiger partial charge on any atom is 0.414 e. The molecule has 1 aliphatic rings. The van der Waals surface area contributed by atoms with Crippen LogP contribution < -0.4 is 15.5 Å². The Morgan fingerprint density at radius 3 is 2.89 bits per heavy atom. The number of imidazole rings is 1. The number of nitrogens with zero attached hydrogens (tertiary/aromatic N) is 3. The smallest absolute Gasteiger partial charge is 0.414 e. The molecular formula is C24H21FN6O4. The second-order valence-corrected chi connectivity index (χ2v) is 8.09. The Bertz CT molecular complexity index is 1440. The fraction of sp³-hybridized carbons (Fsp3) is 0.167. The molecule has 11 heteroatoms. The van der Waals surface area contributed by atoms with Gasteiger partial charge in [-0.1, -0.05) is 0 Å². The average molecular weight is 476 g/mol. The van der Waals surface area contributed by atoms with Crippen molar-refractivity contribution in [3.63, 3.8) is 0 Å². The zero-order valence-corrected chi connectivity index (χ0v) is 18.6. The number of benzene rings is 2. The molecule has 2 aromatic heterocycles. The first-order valence-electron chi connectivity index (χ1n) is 10.8. The van der Waals surface area contributed by atoms with Crippen LogP contribution in [-0.4, -0.2) is 51.6 Å². The molecule has 10 nitrogen and oxygen atoms in total. The van der Waals surface area contributed by atoms with Crippen molar-refractivity contribution in [3.05, 3.63) is 72.7 Å². The summed E-state index contributed by atoms with van der Waals surface area (Å²) in [5, 5.41) is 6.34. The van der Waals surface area contributed by atoms with Crippen LogP contribution in [0.5, 0.6) is 0 Å². The highest BCUT2D eigenvalue weighted by atomic mass is 19.1. The monoisotopic (exact) mass is 476 g/mol. The van der Waals surface area contributed by atoms with Crippen molar-refractivity contribution < 1.29 is 23.5 Å². The number of aromatic nitrogens is 3. The number of anilines is 2. The van der Waals surface area contributed by atoms with Crippen molar-refractivity contribution in [2.45, 2.75) is 13.0 Å². The number of amides is 3. The molecule has 5 rings (SSSR count). The molecule has 0 radical (unpaired) electrons. The molecule has 1 fully saturated rings. The standard InChI is InChI=1S/C24H21FN6O4/c1-14(32)27-10-18-11-31(24(34)35-18)17-3-5-22(19(25)9-17)30-12-21(28-13-30)23(33)29-16-2-4-20-15(8-16)6-7-26-20/h2-9,12-13,18,26H,10-11H2,1H3,(H,27,32)(H,29,33). The van der Waals surface area contributed by atoms with Crippen LogP contribution in [0.3, 0.4) is 0 Å². The Hall–Kier alpha value is -4.67. The van der Waals surface area contributed by atoms with E-state index in [1.54, 1.807) is 12.1 Å². The lowest BCUT2D eigenvalue weighted by Crippen LogP contribution is -2.33. The fourth-order valence-electron chi connectivity index (χ4n) is 3.87. The van der Waals surface area contributed by atoms with Crippen molar-refractivity contribution in [2.75, 3.05) is 23.3 Å². The van der Waals surface area contributed by atoms with Crippen LogP contribution in [-0.2, 0) is 9.53 Å². The van der Waals surface area contributed by atoms with Gasteiger partial charge >= 0.3 is 6.09 Å². The van der Waals surface area contributed by atoms with E-state index >= 15 is 0 Å². The van der Waals surface area contributed by atoms with Gasteiger partial charge in [0.05, 0.1) is 24.5 Å². The van der Waals surface area contributed by atoms with E-state index in [0.717, 1.165) is 10.9 Å². The van der Waals surface area contributed by atoms with Gasteiger partial charge in [0, 0.05) is 35.9 Å². The van der Waals surface area contributed by atoms with Crippen LogP contribution in [0.1, 0.15) is 17.4 Å². The summed E-state index contributed by atoms with van der Waals surface area (Å²) in [4.78, 5) is 44.4. The summed E-state index contributed by atoms with van der Waals surface area (Å²) in [7, 11) is 0. The Morgan fingerprint density at radius 1 is 1.23 bits per heavy atom. The van der Waals surface area contributed by atoms with Gasteiger partial charge in [-0.05, 0) is 42.5 Å². The third-order valence-electron chi connectivity index (χ3n) is 5.60. The van der Waals surface area contributed by atoms with E-state index < -0.39 is 23.9 Å². The molecule has 0 bridgehead atoms. The molecule has 4 aromatic rings.